The second kappa shape index (κ2) is 8.51. The normalized spacial score (nSPS) is 11.1. The molecular formula is C16H21N3O4S. The molecule has 0 unspecified atom stereocenters. The first-order chi connectivity index (χ1) is 11.5. The Balaban J connectivity index is 2.03. The smallest absolute Gasteiger partial charge is 0.261 e. The molecule has 2 rings (SSSR count). The Morgan fingerprint density at radius 1 is 1.12 bits per heavy atom. The maximum absolute atomic E-state index is 12.4. The molecule has 130 valence electrons. The lowest BCUT2D eigenvalue weighted by atomic mass is 10.3. The lowest BCUT2D eigenvalue weighted by Gasteiger charge is -2.10. The lowest BCUT2D eigenvalue weighted by molar-refractivity contribution is 0.210. The fourth-order valence-corrected chi connectivity index (χ4v) is 2.98. The van der Waals surface area contributed by atoms with Crippen LogP contribution in [0.25, 0.3) is 0 Å². The topological polar surface area (TPSA) is 89.6 Å². The molecule has 1 aromatic carbocycles. The highest BCUT2D eigenvalue weighted by atomic mass is 32.2. The van der Waals surface area contributed by atoms with Crippen molar-refractivity contribution < 1.29 is 17.9 Å². The molecule has 8 heteroatoms. The summed E-state index contributed by atoms with van der Waals surface area (Å²) in [6.07, 6.45) is 1.46. The van der Waals surface area contributed by atoms with Gasteiger partial charge in [0.05, 0.1) is 30.0 Å². The summed E-state index contributed by atoms with van der Waals surface area (Å²) in [6, 6.07) is 9.60. The van der Waals surface area contributed by atoms with Gasteiger partial charge in [0.1, 0.15) is 11.6 Å². The minimum Gasteiger partial charge on any atom is -0.494 e. The van der Waals surface area contributed by atoms with E-state index in [0.717, 1.165) is 0 Å². The molecule has 0 amide bonds. The van der Waals surface area contributed by atoms with E-state index in [0.29, 0.717) is 37.0 Å². The Morgan fingerprint density at radius 2 is 1.88 bits per heavy atom. The van der Waals surface area contributed by atoms with Crippen molar-refractivity contribution in [2.75, 3.05) is 36.9 Å². The van der Waals surface area contributed by atoms with Crippen LogP contribution in [0.15, 0.2) is 47.5 Å². The molecule has 0 spiro atoms. The van der Waals surface area contributed by atoms with E-state index < -0.39 is 10.0 Å². The SMILES string of the molecule is CCOc1ccc(S(=O)(=O)Nc2ccc(NCCOC)nc2)cc1. The van der Waals surface area contributed by atoms with Crippen LogP contribution >= 0.6 is 0 Å². The van der Waals surface area contributed by atoms with Gasteiger partial charge in [-0.25, -0.2) is 13.4 Å². The van der Waals surface area contributed by atoms with Crippen molar-refractivity contribution in [3.63, 3.8) is 0 Å². The monoisotopic (exact) mass is 351 g/mol. The van der Waals surface area contributed by atoms with Crippen LogP contribution in [0.3, 0.4) is 0 Å². The number of hydrogen-bond donors (Lipinski definition) is 2. The highest BCUT2D eigenvalue weighted by Gasteiger charge is 2.14. The molecule has 2 N–H and O–H groups in total. The first kappa shape index (κ1) is 18.0. The average molecular weight is 351 g/mol. The molecule has 0 bridgehead atoms. The van der Waals surface area contributed by atoms with E-state index in [9.17, 15) is 8.42 Å². The van der Waals surface area contributed by atoms with Gasteiger partial charge in [-0.1, -0.05) is 0 Å². The third kappa shape index (κ3) is 5.10. The zero-order chi connectivity index (χ0) is 17.4. The van der Waals surface area contributed by atoms with Gasteiger partial charge in [-0.3, -0.25) is 4.72 Å². The van der Waals surface area contributed by atoms with Crippen LogP contribution in [0.2, 0.25) is 0 Å². The average Bonchev–Trinajstić information content (AvgIpc) is 2.57. The van der Waals surface area contributed by atoms with Crippen molar-refractivity contribution in [2.45, 2.75) is 11.8 Å². The number of anilines is 2. The predicted molar refractivity (Wildman–Crippen MR) is 93.0 cm³/mol. The van der Waals surface area contributed by atoms with E-state index in [4.69, 9.17) is 9.47 Å². The molecular weight excluding hydrogens is 330 g/mol. The number of hydrogen-bond acceptors (Lipinski definition) is 6. The molecule has 0 aliphatic carbocycles. The van der Waals surface area contributed by atoms with Crippen LogP contribution in [0.5, 0.6) is 5.75 Å². The minimum atomic E-state index is -3.66. The molecule has 0 fully saturated rings. The third-order valence-corrected chi connectivity index (χ3v) is 4.47. The number of aromatic nitrogens is 1. The third-order valence-electron chi connectivity index (χ3n) is 3.07. The Morgan fingerprint density at radius 3 is 2.46 bits per heavy atom. The Bertz CT molecular complexity index is 731. The number of ether oxygens (including phenoxy) is 2. The van der Waals surface area contributed by atoms with Crippen LogP contribution in [-0.2, 0) is 14.8 Å². The maximum Gasteiger partial charge on any atom is 0.261 e. The van der Waals surface area contributed by atoms with Crippen molar-refractivity contribution in [2.24, 2.45) is 0 Å². The summed E-state index contributed by atoms with van der Waals surface area (Å²) in [5.74, 6) is 1.28. The van der Waals surface area contributed by atoms with Crippen molar-refractivity contribution in [3.8, 4) is 5.75 Å². The summed E-state index contributed by atoms with van der Waals surface area (Å²) in [5, 5.41) is 3.06. The first-order valence-electron chi connectivity index (χ1n) is 7.49. The van der Waals surface area contributed by atoms with Crippen molar-refractivity contribution in [1.29, 1.82) is 0 Å². The van der Waals surface area contributed by atoms with Gasteiger partial charge in [0.15, 0.2) is 0 Å². The minimum absolute atomic E-state index is 0.160. The van der Waals surface area contributed by atoms with Crippen molar-refractivity contribution in [1.82, 2.24) is 4.98 Å². The summed E-state index contributed by atoms with van der Waals surface area (Å²) in [4.78, 5) is 4.31. The van der Waals surface area contributed by atoms with Gasteiger partial charge in [0, 0.05) is 13.7 Å². The van der Waals surface area contributed by atoms with Crippen LogP contribution in [0, 0.1) is 0 Å². The van der Waals surface area contributed by atoms with Crippen molar-refractivity contribution in [3.05, 3.63) is 42.6 Å². The molecule has 1 heterocycles. The van der Waals surface area contributed by atoms with Gasteiger partial charge in [0.2, 0.25) is 0 Å². The van der Waals surface area contributed by atoms with E-state index in [2.05, 4.69) is 15.0 Å². The number of sulfonamides is 1. The summed E-state index contributed by atoms with van der Waals surface area (Å²) >= 11 is 0. The molecule has 1 aromatic heterocycles. The molecule has 0 radical (unpaired) electrons. The lowest BCUT2D eigenvalue weighted by Crippen LogP contribution is -2.13. The number of rotatable bonds is 9. The van der Waals surface area contributed by atoms with Crippen LogP contribution < -0.4 is 14.8 Å². The summed E-state index contributed by atoms with van der Waals surface area (Å²) in [6.45, 7) is 3.59. The summed E-state index contributed by atoms with van der Waals surface area (Å²) < 4.78 is 37.4. The second-order valence-corrected chi connectivity index (χ2v) is 6.54. The number of nitrogens with zero attached hydrogens (tertiary/aromatic N) is 1. The van der Waals surface area contributed by atoms with Crippen LogP contribution in [0.1, 0.15) is 6.92 Å². The number of methoxy groups -OCH3 is 1. The Hall–Kier alpha value is -2.32. The molecule has 0 atom stereocenters. The zero-order valence-corrected chi connectivity index (χ0v) is 14.5. The standard InChI is InChI=1S/C16H21N3O4S/c1-3-23-14-5-7-15(8-6-14)24(20,21)19-13-4-9-16(18-12-13)17-10-11-22-2/h4-9,12,19H,3,10-11H2,1-2H3,(H,17,18). The van der Waals surface area contributed by atoms with Gasteiger partial charge in [0.25, 0.3) is 10.0 Å². The first-order valence-corrected chi connectivity index (χ1v) is 8.98. The van der Waals surface area contributed by atoms with E-state index in [1.165, 1.54) is 18.3 Å². The summed E-state index contributed by atoms with van der Waals surface area (Å²) in [5.41, 5.74) is 0.390. The number of pyridine rings is 1. The Labute approximate surface area is 142 Å². The highest BCUT2D eigenvalue weighted by molar-refractivity contribution is 7.92. The highest BCUT2D eigenvalue weighted by Crippen LogP contribution is 2.19. The zero-order valence-electron chi connectivity index (χ0n) is 13.7. The molecule has 0 saturated carbocycles. The van der Waals surface area contributed by atoms with Gasteiger partial charge in [-0.2, -0.15) is 0 Å². The van der Waals surface area contributed by atoms with E-state index >= 15 is 0 Å². The van der Waals surface area contributed by atoms with Gasteiger partial charge >= 0.3 is 0 Å². The van der Waals surface area contributed by atoms with Crippen LogP contribution in [0.4, 0.5) is 11.5 Å². The van der Waals surface area contributed by atoms with Crippen molar-refractivity contribution >= 4 is 21.5 Å². The fourth-order valence-electron chi connectivity index (χ4n) is 1.94. The molecule has 2 aromatic rings. The van der Waals surface area contributed by atoms with Gasteiger partial charge in [-0.15, -0.1) is 0 Å². The second-order valence-electron chi connectivity index (χ2n) is 4.86. The predicted octanol–water partition coefficient (Wildman–Crippen LogP) is 2.34. The molecule has 24 heavy (non-hydrogen) atoms. The Kier molecular flexibility index (Phi) is 6.39. The van der Waals surface area contributed by atoms with E-state index in [1.54, 1.807) is 31.4 Å². The number of benzene rings is 1. The fraction of sp³-hybridized carbons (Fsp3) is 0.312. The van der Waals surface area contributed by atoms with Gasteiger partial charge in [-0.05, 0) is 43.3 Å². The molecule has 0 aliphatic rings. The summed E-state index contributed by atoms with van der Waals surface area (Å²) in [7, 11) is -2.05. The van der Waals surface area contributed by atoms with Gasteiger partial charge < -0.3 is 14.8 Å². The molecule has 7 nitrogen and oxygen atoms in total. The number of nitrogens with one attached hydrogen (secondary N) is 2. The molecule has 0 aliphatic heterocycles. The van der Waals surface area contributed by atoms with E-state index in [1.807, 2.05) is 6.92 Å². The largest absolute Gasteiger partial charge is 0.494 e. The maximum atomic E-state index is 12.4. The quantitative estimate of drug-likeness (QED) is 0.674. The van der Waals surface area contributed by atoms with E-state index in [-0.39, 0.29) is 4.90 Å². The van der Waals surface area contributed by atoms with Crippen LogP contribution in [-0.4, -0.2) is 40.3 Å². The molecule has 0 saturated heterocycles.